The van der Waals surface area contributed by atoms with Crippen molar-refractivity contribution in [3.05, 3.63) is 35.4 Å². The van der Waals surface area contributed by atoms with Gasteiger partial charge in [0, 0.05) is 6.54 Å². The van der Waals surface area contributed by atoms with Gasteiger partial charge in [0.15, 0.2) is 0 Å². The molecule has 6 nitrogen and oxygen atoms in total. The first-order chi connectivity index (χ1) is 8.29. The van der Waals surface area contributed by atoms with E-state index < -0.39 is 0 Å². The Morgan fingerprint density at radius 2 is 2.24 bits per heavy atom. The maximum Gasteiger partial charge on any atom is 0.145 e. The molecule has 0 amide bonds. The van der Waals surface area contributed by atoms with Crippen LogP contribution in [0.25, 0.3) is 0 Å². The van der Waals surface area contributed by atoms with Gasteiger partial charge in [-0.2, -0.15) is 0 Å². The average Bonchev–Trinajstić information content (AvgIpc) is 2.75. The van der Waals surface area contributed by atoms with E-state index in [1.165, 1.54) is 0 Å². The predicted octanol–water partition coefficient (Wildman–Crippen LogP) is 1.07. The van der Waals surface area contributed by atoms with Crippen molar-refractivity contribution < 1.29 is 9.37 Å². The van der Waals surface area contributed by atoms with Gasteiger partial charge in [-0.15, -0.1) is 0 Å². The molecule has 0 aliphatic rings. The molecule has 1 N–H and O–H groups in total. The highest BCUT2D eigenvalue weighted by molar-refractivity contribution is 5.20. The Bertz CT molecular complexity index is 467. The van der Waals surface area contributed by atoms with E-state index in [9.17, 15) is 0 Å². The standard InChI is InChI=1S/C11H14N4O2/c1-8-11(15-17-14-8)7-16-10-4-3-9(5-12-2)13-6-10/h3-4,6,12H,5,7H2,1-2H3. The molecule has 0 aromatic carbocycles. The third-order valence-electron chi connectivity index (χ3n) is 2.28. The van der Waals surface area contributed by atoms with Gasteiger partial charge in [0.1, 0.15) is 23.7 Å². The summed E-state index contributed by atoms with van der Waals surface area (Å²) >= 11 is 0. The van der Waals surface area contributed by atoms with E-state index in [4.69, 9.17) is 4.74 Å². The second kappa shape index (κ2) is 5.40. The lowest BCUT2D eigenvalue weighted by molar-refractivity contribution is 0.269. The van der Waals surface area contributed by atoms with Crippen molar-refractivity contribution in [3.8, 4) is 5.75 Å². The minimum atomic E-state index is 0.336. The Kier molecular flexibility index (Phi) is 3.66. The maximum absolute atomic E-state index is 5.52. The Morgan fingerprint density at radius 1 is 1.35 bits per heavy atom. The highest BCUT2D eigenvalue weighted by atomic mass is 16.6. The highest BCUT2D eigenvalue weighted by Gasteiger charge is 2.05. The van der Waals surface area contributed by atoms with E-state index in [2.05, 4.69) is 25.2 Å². The zero-order valence-electron chi connectivity index (χ0n) is 9.80. The number of ether oxygens (including phenoxy) is 1. The zero-order valence-corrected chi connectivity index (χ0v) is 9.80. The number of nitrogens with zero attached hydrogens (tertiary/aromatic N) is 3. The molecule has 2 aromatic rings. The number of nitrogens with one attached hydrogen (secondary N) is 1. The third-order valence-corrected chi connectivity index (χ3v) is 2.28. The van der Waals surface area contributed by atoms with Gasteiger partial charge in [-0.1, -0.05) is 10.3 Å². The van der Waals surface area contributed by atoms with Crippen LogP contribution in [0.2, 0.25) is 0 Å². The molecule has 2 aromatic heterocycles. The van der Waals surface area contributed by atoms with Crippen LogP contribution in [0.1, 0.15) is 17.1 Å². The molecule has 0 aliphatic carbocycles. The molecular weight excluding hydrogens is 220 g/mol. The SMILES string of the molecule is CNCc1ccc(OCc2nonc2C)cn1. The maximum atomic E-state index is 5.52. The monoisotopic (exact) mass is 234 g/mol. The third kappa shape index (κ3) is 3.01. The van der Waals surface area contributed by atoms with Gasteiger partial charge in [-0.05, 0) is 26.1 Å². The first kappa shape index (κ1) is 11.5. The molecule has 2 rings (SSSR count). The van der Waals surface area contributed by atoms with Gasteiger partial charge in [-0.3, -0.25) is 4.98 Å². The van der Waals surface area contributed by atoms with E-state index in [1.54, 1.807) is 6.20 Å². The summed E-state index contributed by atoms with van der Waals surface area (Å²) in [5.41, 5.74) is 2.41. The van der Waals surface area contributed by atoms with E-state index in [0.717, 1.165) is 17.9 Å². The molecule has 0 radical (unpaired) electrons. The molecule has 6 heteroatoms. The normalized spacial score (nSPS) is 10.5. The summed E-state index contributed by atoms with van der Waals surface area (Å²) in [6.07, 6.45) is 1.69. The fraction of sp³-hybridized carbons (Fsp3) is 0.364. The number of hydrogen-bond donors (Lipinski definition) is 1. The first-order valence-electron chi connectivity index (χ1n) is 5.30. The molecule has 0 spiro atoms. The van der Waals surface area contributed by atoms with Gasteiger partial charge in [0.2, 0.25) is 0 Å². The van der Waals surface area contributed by atoms with Gasteiger partial charge in [0.25, 0.3) is 0 Å². The fourth-order valence-electron chi connectivity index (χ4n) is 1.31. The van der Waals surface area contributed by atoms with Crippen LogP contribution in [0.5, 0.6) is 5.75 Å². The molecular formula is C11H14N4O2. The summed E-state index contributed by atoms with van der Waals surface area (Å²) in [5, 5.41) is 10.4. The Labute approximate surface area is 99.0 Å². The topological polar surface area (TPSA) is 73.1 Å². The Hall–Kier alpha value is -1.95. The summed E-state index contributed by atoms with van der Waals surface area (Å²) < 4.78 is 10.1. The molecule has 0 saturated heterocycles. The van der Waals surface area contributed by atoms with Crippen LogP contribution < -0.4 is 10.1 Å². The quantitative estimate of drug-likeness (QED) is 0.834. The molecule has 17 heavy (non-hydrogen) atoms. The molecule has 0 fully saturated rings. The van der Waals surface area contributed by atoms with Crippen LogP contribution in [0.3, 0.4) is 0 Å². The summed E-state index contributed by atoms with van der Waals surface area (Å²) in [6, 6.07) is 3.79. The Morgan fingerprint density at radius 3 is 2.82 bits per heavy atom. The number of hydrogen-bond acceptors (Lipinski definition) is 6. The molecule has 90 valence electrons. The van der Waals surface area contributed by atoms with Crippen LogP contribution in [0.4, 0.5) is 0 Å². The minimum absolute atomic E-state index is 0.336. The van der Waals surface area contributed by atoms with Crippen molar-refractivity contribution in [2.75, 3.05) is 7.05 Å². The van der Waals surface area contributed by atoms with Gasteiger partial charge in [0.05, 0.1) is 11.9 Å². The number of aryl methyl sites for hydroxylation is 1. The van der Waals surface area contributed by atoms with E-state index in [-0.39, 0.29) is 0 Å². The average molecular weight is 234 g/mol. The highest BCUT2D eigenvalue weighted by Crippen LogP contribution is 2.12. The van der Waals surface area contributed by atoms with Gasteiger partial charge >= 0.3 is 0 Å². The lowest BCUT2D eigenvalue weighted by Gasteiger charge is -2.04. The van der Waals surface area contributed by atoms with Crippen LogP contribution >= 0.6 is 0 Å². The molecule has 0 atom stereocenters. The minimum Gasteiger partial charge on any atom is -0.485 e. The number of rotatable bonds is 5. The van der Waals surface area contributed by atoms with Crippen molar-refractivity contribution in [2.24, 2.45) is 0 Å². The summed E-state index contributed by atoms with van der Waals surface area (Å²) in [4.78, 5) is 4.24. The Balaban J connectivity index is 1.93. The van der Waals surface area contributed by atoms with Crippen molar-refractivity contribution in [2.45, 2.75) is 20.1 Å². The summed E-state index contributed by atoms with van der Waals surface area (Å²) in [7, 11) is 1.88. The fourth-order valence-corrected chi connectivity index (χ4v) is 1.31. The first-order valence-corrected chi connectivity index (χ1v) is 5.30. The van der Waals surface area contributed by atoms with Gasteiger partial charge in [-0.25, -0.2) is 4.63 Å². The predicted molar refractivity (Wildman–Crippen MR) is 60.4 cm³/mol. The lowest BCUT2D eigenvalue weighted by Crippen LogP contribution is -2.06. The molecule has 0 aliphatic heterocycles. The zero-order chi connectivity index (χ0) is 12.1. The van der Waals surface area contributed by atoms with Crippen molar-refractivity contribution in [3.63, 3.8) is 0 Å². The number of aromatic nitrogens is 3. The largest absolute Gasteiger partial charge is 0.485 e. The van der Waals surface area contributed by atoms with Crippen LogP contribution in [-0.4, -0.2) is 22.3 Å². The van der Waals surface area contributed by atoms with Crippen molar-refractivity contribution >= 4 is 0 Å². The van der Waals surface area contributed by atoms with Crippen molar-refractivity contribution in [1.82, 2.24) is 20.6 Å². The second-order valence-corrected chi connectivity index (χ2v) is 3.60. The van der Waals surface area contributed by atoms with E-state index in [1.807, 2.05) is 26.1 Å². The summed E-state index contributed by atoms with van der Waals surface area (Å²) in [6.45, 7) is 2.90. The molecule has 0 bridgehead atoms. The van der Waals surface area contributed by atoms with E-state index >= 15 is 0 Å². The number of pyridine rings is 1. The van der Waals surface area contributed by atoms with Gasteiger partial charge < -0.3 is 10.1 Å². The molecule has 0 unspecified atom stereocenters. The lowest BCUT2D eigenvalue weighted by atomic mass is 10.3. The van der Waals surface area contributed by atoms with Crippen LogP contribution in [-0.2, 0) is 13.2 Å². The molecule has 0 saturated carbocycles. The molecule has 2 heterocycles. The van der Waals surface area contributed by atoms with E-state index in [0.29, 0.717) is 18.1 Å². The van der Waals surface area contributed by atoms with Crippen LogP contribution in [0.15, 0.2) is 23.0 Å². The summed E-state index contributed by atoms with van der Waals surface area (Å²) in [5.74, 6) is 0.701. The van der Waals surface area contributed by atoms with Crippen molar-refractivity contribution in [1.29, 1.82) is 0 Å². The van der Waals surface area contributed by atoms with Crippen LogP contribution in [0, 0.1) is 6.92 Å². The smallest absolute Gasteiger partial charge is 0.145 e. The second-order valence-electron chi connectivity index (χ2n) is 3.60.